The highest BCUT2D eigenvalue weighted by molar-refractivity contribution is 5.91. The van der Waals surface area contributed by atoms with Crippen molar-refractivity contribution in [3.63, 3.8) is 0 Å². The minimum absolute atomic E-state index is 0.0658. The molecule has 0 bridgehead atoms. The first-order valence-electron chi connectivity index (χ1n) is 8.63. The number of hydrogen-bond acceptors (Lipinski definition) is 9. The van der Waals surface area contributed by atoms with Crippen molar-refractivity contribution in [2.45, 2.75) is 20.8 Å². The van der Waals surface area contributed by atoms with E-state index in [0.29, 0.717) is 5.84 Å². The van der Waals surface area contributed by atoms with Crippen LogP contribution in [0.1, 0.15) is 31.3 Å². The van der Waals surface area contributed by atoms with Crippen molar-refractivity contribution >= 4 is 11.8 Å². The quantitative estimate of drug-likeness (QED) is 0.291. The summed E-state index contributed by atoms with van der Waals surface area (Å²) in [5.41, 5.74) is -0.0658. The molecule has 0 fully saturated rings. The van der Waals surface area contributed by atoms with Gasteiger partial charge in [-0.3, -0.25) is 0 Å². The maximum atomic E-state index is 12.4. The van der Waals surface area contributed by atoms with E-state index in [9.17, 15) is 4.79 Å². The molecule has 0 N–H and O–H groups in total. The number of aromatic nitrogens is 3. The molecular weight excluding hydrogens is 366 g/mol. The van der Waals surface area contributed by atoms with Gasteiger partial charge in [-0.2, -0.15) is 9.97 Å². The Balaban J connectivity index is 2.23. The molecule has 0 aliphatic rings. The maximum absolute atomic E-state index is 12.4. The van der Waals surface area contributed by atoms with Gasteiger partial charge in [-0.25, -0.2) is 9.78 Å². The van der Waals surface area contributed by atoms with Gasteiger partial charge in [0.25, 0.3) is 0 Å². The van der Waals surface area contributed by atoms with E-state index in [0.717, 1.165) is 13.1 Å². The summed E-state index contributed by atoms with van der Waals surface area (Å²) in [4.78, 5) is 31.5. The highest BCUT2D eigenvalue weighted by Crippen LogP contribution is 2.25. The zero-order valence-corrected chi connectivity index (χ0v) is 16.5. The summed E-state index contributed by atoms with van der Waals surface area (Å²) < 4.78 is 15.8. The standard InChI is InChI=1S/C18H23N5O5/c1-6-23(7-2)12(3)22-28-17(24)16-13(9-8-10-19-16)27-18-20-14(25-4)11-15(21-18)26-5/h8-11H,6-7H2,1-5H3/b22-12+. The van der Waals surface area contributed by atoms with Crippen LogP contribution >= 0.6 is 0 Å². The number of amidine groups is 1. The van der Waals surface area contributed by atoms with Crippen molar-refractivity contribution in [3.8, 4) is 23.5 Å². The molecule has 0 atom stereocenters. The Hall–Kier alpha value is -3.43. The first-order valence-corrected chi connectivity index (χ1v) is 8.63. The van der Waals surface area contributed by atoms with Gasteiger partial charge in [-0.1, -0.05) is 5.16 Å². The number of hydrogen-bond donors (Lipinski definition) is 0. The molecule has 150 valence electrons. The molecule has 0 saturated heterocycles. The van der Waals surface area contributed by atoms with E-state index in [4.69, 9.17) is 19.0 Å². The smallest absolute Gasteiger partial charge is 0.387 e. The van der Waals surface area contributed by atoms with Crippen molar-refractivity contribution < 1.29 is 23.8 Å². The van der Waals surface area contributed by atoms with Crippen LogP contribution in [0, 0.1) is 0 Å². The lowest BCUT2D eigenvalue weighted by molar-refractivity contribution is 0.0499. The minimum atomic E-state index is -0.767. The Morgan fingerprint density at radius 2 is 1.79 bits per heavy atom. The topological polar surface area (TPSA) is 108 Å². The molecule has 2 heterocycles. The molecule has 2 aromatic rings. The molecule has 0 saturated carbocycles. The van der Waals surface area contributed by atoms with Gasteiger partial charge in [-0.05, 0) is 32.9 Å². The molecule has 0 aliphatic heterocycles. The second-order valence-corrected chi connectivity index (χ2v) is 5.38. The summed E-state index contributed by atoms with van der Waals surface area (Å²) in [6, 6.07) is 4.57. The molecule has 0 spiro atoms. The van der Waals surface area contributed by atoms with Gasteiger partial charge < -0.3 is 23.9 Å². The summed E-state index contributed by atoms with van der Waals surface area (Å²) in [5.74, 6) is 0.414. The molecule has 0 aromatic carbocycles. The number of methoxy groups -OCH3 is 2. The van der Waals surface area contributed by atoms with Crippen molar-refractivity contribution in [1.82, 2.24) is 19.9 Å². The van der Waals surface area contributed by atoms with E-state index in [1.54, 1.807) is 19.1 Å². The number of carbonyl (C=O) groups is 1. The number of pyridine rings is 1. The molecule has 0 radical (unpaired) electrons. The van der Waals surface area contributed by atoms with Gasteiger partial charge in [0.15, 0.2) is 11.4 Å². The number of oxime groups is 1. The van der Waals surface area contributed by atoms with Crippen molar-refractivity contribution in [2.75, 3.05) is 27.3 Å². The monoisotopic (exact) mass is 389 g/mol. The predicted octanol–water partition coefficient (Wildman–Crippen LogP) is 2.51. The van der Waals surface area contributed by atoms with Gasteiger partial charge in [0, 0.05) is 19.3 Å². The van der Waals surface area contributed by atoms with E-state index in [1.165, 1.54) is 26.5 Å². The molecule has 0 amide bonds. The van der Waals surface area contributed by atoms with Crippen LogP contribution in [0.5, 0.6) is 23.5 Å². The number of rotatable bonds is 8. The van der Waals surface area contributed by atoms with Gasteiger partial charge >= 0.3 is 12.0 Å². The molecule has 0 aliphatic carbocycles. The average molecular weight is 389 g/mol. The van der Waals surface area contributed by atoms with E-state index in [2.05, 4.69) is 20.1 Å². The highest BCUT2D eigenvalue weighted by atomic mass is 16.7. The highest BCUT2D eigenvalue weighted by Gasteiger charge is 2.19. The molecular formula is C18H23N5O5. The van der Waals surface area contributed by atoms with Crippen molar-refractivity contribution in [1.29, 1.82) is 0 Å². The second-order valence-electron chi connectivity index (χ2n) is 5.38. The molecule has 0 unspecified atom stereocenters. The van der Waals surface area contributed by atoms with E-state index < -0.39 is 5.97 Å². The molecule has 10 heteroatoms. The molecule has 28 heavy (non-hydrogen) atoms. The third kappa shape index (κ3) is 5.29. The Kier molecular flexibility index (Phi) is 7.49. The lowest BCUT2D eigenvalue weighted by Gasteiger charge is -2.18. The van der Waals surface area contributed by atoms with E-state index in [-0.39, 0.29) is 29.2 Å². The van der Waals surface area contributed by atoms with Crippen LogP contribution in [0.2, 0.25) is 0 Å². The third-order valence-corrected chi connectivity index (χ3v) is 3.72. The summed E-state index contributed by atoms with van der Waals surface area (Å²) in [7, 11) is 2.91. The predicted molar refractivity (Wildman–Crippen MR) is 101 cm³/mol. The molecule has 2 rings (SSSR count). The first kappa shape index (κ1) is 20.9. The zero-order valence-electron chi connectivity index (χ0n) is 16.5. The summed E-state index contributed by atoms with van der Waals surface area (Å²) in [6.07, 6.45) is 1.44. The Bertz CT molecular complexity index is 817. The fourth-order valence-corrected chi connectivity index (χ4v) is 2.25. The Morgan fingerprint density at radius 3 is 2.36 bits per heavy atom. The van der Waals surface area contributed by atoms with Crippen LogP contribution in [0.4, 0.5) is 0 Å². The molecule has 10 nitrogen and oxygen atoms in total. The van der Waals surface area contributed by atoms with Crippen LogP contribution in [-0.4, -0.2) is 59.0 Å². The van der Waals surface area contributed by atoms with E-state index >= 15 is 0 Å². The third-order valence-electron chi connectivity index (χ3n) is 3.72. The van der Waals surface area contributed by atoms with Gasteiger partial charge in [-0.15, -0.1) is 0 Å². The Morgan fingerprint density at radius 1 is 1.14 bits per heavy atom. The van der Waals surface area contributed by atoms with Crippen LogP contribution in [0.15, 0.2) is 29.6 Å². The Labute approximate surface area is 163 Å². The van der Waals surface area contributed by atoms with E-state index in [1.807, 2.05) is 18.7 Å². The van der Waals surface area contributed by atoms with Gasteiger partial charge in [0.1, 0.15) is 5.84 Å². The van der Waals surface area contributed by atoms with Crippen molar-refractivity contribution in [2.24, 2.45) is 5.16 Å². The number of ether oxygens (including phenoxy) is 3. The van der Waals surface area contributed by atoms with Crippen molar-refractivity contribution in [3.05, 3.63) is 30.1 Å². The number of nitrogens with zero attached hydrogens (tertiary/aromatic N) is 5. The molecule has 2 aromatic heterocycles. The summed E-state index contributed by atoms with van der Waals surface area (Å²) in [5, 5.41) is 3.87. The first-order chi connectivity index (χ1) is 13.5. The zero-order chi connectivity index (χ0) is 20.5. The maximum Gasteiger partial charge on any atom is 0.387 e. The fourth-order valence-electron chi connectivity index (χ4n) is 2.25. The lowest BCUT2D eigenvalue weighted by Crippen LogP contribution is -2.28. The summed E-state index contributed by atoms with van der Waals surface area (Å²) >= 11 is 0. The SMILES string of the molecule is CCN(CC)/C(C)=N/OC(=O)c1ncccc1Oc1nc(OC)cc(OC)n1. The van der Waals surface area contributed by atoms with Crippen LogP contribution in [-0.2, 0) is 4.84 Å². The minimum Gasteiger partial charge on any atom is -0.481 e. The largest absolute Gasteiger partial charge is 0.481 e. The average Bonchev–Trinajstić information content (AvgIpc) is 2.72. The van der Waals surface area contributed by atoms with Gasteiger partial charge in [0.2, 0.25) is 11.8 Å². The van der Waals surface area contributed by atoms with Gasteiger partial charge in [0.05, 0.1) is 20.3 Å². The fraction of sp³-hybridized carbons (Fsp3) is 0.389. The summed E-state index contributed by atoms with van der Waals surface area (Å²) in [6.45, 7) is 7.22. The number of carbonyl (C=O) groups excluding carboxylic acids is 1. The normalized spacial score (nSPS) is 11.0. The second kappa shape index (κ2) is 10.0. The lowest BCUT2D eigenvalue weighted by atomic mass is 10.3. The van der Waals surface area contributed by atoms with Crippen LogP contribution in [0.25, 0.3) is 0 Å². The van der Waals surface area contributed by atoms with Crippen LogP contribution in [0.3, 0.4) is 0 Å². The van der Waals surface area contributed by atoms with Crippen LogP contribution < -0.4 is 14.2 Å².